The van der Waals surface area contributed by atoms with E-state index in [1.54, 1.807) is 0 Å². The minimum Gasteiger partial charge on any atom is -0.362 e. The summed E-state index contributed by atoms with van der Waals surface area (Å²) in [5, 5.41) is 16.4. The average Bonchev–Trinajstić information content (AvgIpc) is 2.24. The second-order valence-corrected chi connectivity index (χ2v) is 4.05. The normalized spacial score (nSPS) is 14.4. The van der Waals surface area contributed by atoms with Gasteiger partial charge in [-0.15, -0.1) is 0 Å². The molecule has 0 aromatic carbocycles. The molecular formula is C11H11N3O2S. The lowest BCUT2D eigenvalue weighted by atomic mass is 9.93. The van der Waals surface area contributed by atoms with Crippen LogP contribution in [-0.4, -0.2) is 15.9 Å². The summed E-state index contributed by atoms with van der Waals surface area (Å²) < 4.78 is 0. The molecule has 1 saturated carbocycles. The van der Waals surface area contributed by atoms with E-state index in [2.05, 4.69) is 34.1 Å². The molecule has 1 aromatic heterocycles. The largest absolute Gasteiger partial charge is 0.362 e. The van der Waals surface area contributed by atoms with E-state index in [4.69, 9.17) is 0 Å². The van der Waals surface area contributed by atoms with E-state index in [0.717, 1.165) is 19.3 Å². The van der Waals surface area contributed by atoms with Gasteiger partial charge in [0.2, 0.25) is 5.82 Å². The van der Waals surface area contributed by atoms with Gasteiger partial charge >= 0.3 is 5.69 Å². The van der Waals surface area contributed by atoms with E-state index in [1.807, 2.05) is 0 Å². The quantitative estimate of drug-likeness (QED) is 0.373. The molecule has 0 saturated heterocycles. The van der Waals surface area contributed by atoms with Crippen LogP contribution in [0.4, 0.5) is 11.5 Å². The number of hydrogen-bond donors (Lipinski definition) is 2. The number of aromatic nitrogens is 1. The molecular weight excluding hydrogens is 238 g/mol. The Kier molecular flexibility index (Phi) is 3.49. The van der Waals surface area contributed by atoms with Gasteiger partial charge < -0.3 is 5.32 Å². The Morgan fingerprint density at radius 1 is 1.53 bits per heavy atom. The molecule has 0 spiro atoms. The van der Waals surface area contributed by atoms with E-state index < -0.39 is 4.92 Å². The van der Waals surface area contributed by atoms with Crippen molar-refractivity contribution in [3.05, 3.63) is 27.9 Å². The van der Waals surface area contributed by atoms with Crippen molar-refractivity contribution in [2.24, 2.45) is 0 Å². The van der Waals surface area contributed by atoms with E-state index in [-0.39, 0.29) is 5.69 Å². The monoisotopic (exact) mass is 249 g/mol. The highest BCUT2D eigenvalue weighted by atomic mass is 32.1. The van der Waals surface area contributed by atoms with Gasteiger partial charge in [0.05, 0.1) is 4.92 Å². The fourth-order valence-electron chi connectivity index (χ4n) is 1.58. The highest BCUT2D eigenvalue weighted by molar-refractivity contribution is 7.85. The first-order valence-corrected chi connectivity index (χ1v) is 5.72. The van der Waals surface area contributed by atoms with Crippen LogP contribution in [-0.2, 0) is 0 Å². The van der Waals surface area contributed by atoms with Crippen LogP contribution in [0.25, 0.3) is 0 Å². The van der Waals surface area contributed by atoms with Crippen molar-refractivity contribution in [2.45, 2.75) is 25.3 Å². The van der Waals surface area contributed by atoms with Crippen LogP contribution in [0, 0.1) is 21.3 Å². The van der Waals surface area contributed by atoms with Crippen molar-refractivity contribution in [3.63, 3.8) is 0 Å². The summed E-state index contributed by atoms with van der Waals surface area (Å²) in [4.78, 5) is 14.5. The van der Waals surface area contributed by atoms with E-state index in [0.29, 0.717) is 17.6 Å². The molecule has 1 aliphatic carbocycles. The third-order valence-corrected chi connectivity index (χ3v) is 2.81. The van der Waals surface area contributed by atoms with E-state index in [9.17, 15) is 10.1 Å². The van der Waals surface area contributed by atoms with Crippen molar-refractivity contribution >= 4 is 24.1 Å². The Labute approximate surface area is 104 Å². The van der Waals surface area contributed by atoms with Crippen molar-refractivity contribution in [3.8, 4) is 11.2 Å². The standard InChI is InChI=1S/C11H11N3O2S/c15-14(16)10-5-4-9(6-7-17)13-11(10)12-8-2-1-3-8/h4-5,8,17H,1-3H2,(H,12,13). The third-order valence-electron chi connectivity index (χ3n) is 2.70. The maximum Gasteiger partial charge on any atom is 0.311 e. The molecule has 1 aromatic rings. The van der Waals surface area contributed by atoms with Crippen molar-refractivity contribution in [2.75, 3.05) is 5.32 Å². The van der Waals surface area contributed by atoms with Gasteiger partial charge in [0, 0.05) is 12.1 Å². The number of pyridine rings is 1. The van der Waals surface area contributed by atoms with Gasteiger partial charge in [0.15, 0.2) is 0 Å². The minimum atomic E-state index is -0.439. The van der Waals surface area contributed by atoms with Crippen LogP contribution in [0.15, 0.2) is 12.1 Å². The average molecular weight is 249 g/mol. The van der Waals surface area contributed by atoms with Crippen molar-refractivity contribution in [1.29, 1.82) is 0 Å². The number of anilines is 1. The maximum absolute atomic E-state index is 10.9. The van der Waals surface area contributed by atoms with Crippen molar-refractivity contribution in [1.82, 2.24) is 4.98 Å². The number of rotatable bonds is 3. The molecule has 0 aliphatic heterocycles. The third kappa shape index (κ3) is 2.68. The first kappa shape index (κ1) is 11.7. The van der Waals surface area contributed by atoms with Crippen LogP contribution in [0.3, 0.4) is 0 Å². The molecule has 1 aliphatic rings. The first-order valence-electron chi connectivity index (χ1n) is 5.28. The lowest BCUT2D eigenvalue weighted by molar-refractivity contribution is -0.384. The predicted octanol–water partition coefficient (Wildman–Crippen LogP) is 2.19. The number of nitro groups is 1. The molecule has 17 heavy (non-hydrogen) atoms. The van der Waals surface area contributed by atoms with Gasteiger partial charge in [-0.3, -0.25) is 10.1 Å². The summed E-state index contributed by atoms with van der Waals surface area (Å²) in [6, 6.07) is 3.23. The fourth-order valence-corrected chi connectivity index (χ4v) is 1.69. The summed E-state index contributed by atoms with van der Waals surface area (Å²) in [6.45, 7) is 0. The zero-order valence-electron chi connectivity index (χ0n) is 9.01. The second kappa shape index (κ2) is 5.06. The molecule has 88 valence electrons. The molecule has 1 fully saturated rings. The van der Waals surface area contributed by atoms with E-state index >= 15 is 0 Å². The van der Waals surface area contributed by atoms with Gasteiger partial charge in [-0.1, -0.05) is 12.6 Å². The lowest BCUT2D eigenvalue weighted by Gasteiger charge is -2.26. The fraction of sp³-hybridized carbons (Fsp3) is 0.364. The summed E-state index contributed by atoms with van der Waals surface area (Å²) >= 11 is 3.78. The number of nitrogens with one attached hydrogen (secondary N) is 1. The van der Waals surface area contributed by atoms with Gasteiger partial charge in [-0.25, -0.2) is 4.98 Å². The van der Waals surface area contributed by atoms with Crippen LogP contribution in [0.1, 0.15) is 25.0 Å². The van der Waals surface area contributed by atoms with Gasteiger partial charge in [0.25, 0.3) is 0 Å². The molecule has 0 bridgehead atoms. The van der Waals surface area contributed by atoms with Crippen LogP contribution >= 0.6 is 12.6 Å². The summed E-state index contributed by atoms with van der Waals surface area (Å²) in [5.41, 5.74) is 0.467. The van der Waals surface area contributed by atoms with Crippen LogP contribution < -0.4 is 5.32 Å². The van der Waals surface area contributed by atoms with Crippen molar-refractivity contribution < 1.29 is 4.92 Å². The molecule has 0 unspecified atom stereocenters. The number of hydrogen-bond acceptors (Lipinski definition) is 5. The molecule has 1 N–H and O–H groups in total. The predicted molar refractivity (Wildman–Crippen MR) is 68.0 cm³/mol. The molecule has 5 nitrogen and oxygen atoms in total. The summed E-state index contributed by atoms with van der Waals surface area (Å²) in [5.74, 6) is 2.96. The molecule has 0 radical (unpaired) electrons. The Morgan fingerprint density at radius 2 is 2.29 bits per heavy atom. The SMILES string of the molecule is O=[N+]([O-])c1ccc(C#CS)nc1NC1CCC1. The highest BCUT2D eigenvalue weighted by Crippen LogP contribution is 2.28. The highest BCUT2D eigenvalue weighted by Gasteiger charge is 2.22. The zero-order chi connectivity index (χ0) is 12.3. The smallest absolute Gasteiger partial charge is 0.311 e. The minimum absolute atomic E-state index is 0.0124. The Morgan fingerprint density at radius 3 is 2.82 bits per heavy atom. The molecule has 0 amide bonds. The number of nitrogens with zero attached hydrogens (tertiary/aromatic N) is 2. The summed E-state index contributed by atoms with van der Waals surface area (Å²) in [7, 11) is 0. The Hall–Kier alpha value is -1.74. The maximum atomic E-state index is 10.9. The zero-order valence-corrected chi connectivity index (χ0v) is 9.91. The molecule has 1 heterocycles. The topological polar surface area (TPSA) is 68.1 Å². The molecule has 6 heteroatoms. The van der Waals surface area contributed by atoms with Gasteiger partial charge in [0.1, 0.15) is 5.69 Å². The second-order valence-electron chi connectivity index (χ2n) is 3.83. The van der Waals surface area contributed by atoms with Gasteiger partial charge in [-0.2, -0.15) is 0 Å². The van der Waals surface area contributed by atoms with E-state index in [1.165, 1.54) is 12.1 Å². The van der Waals surface area contributed by atoms with Gasteiger partial charge in [-0.05, 0) is 36.5 Å². The molecule has 2 rings (SSSR count). The number of thiol groups is 1. The Balaban J connectivity index is 2.30. The lowest BCUT2D eigenvalue weighted by Crippen LogP contribution is -2.28. The summed E-state index contributed by atoms with van der Waals surface area (Å²) in [6.07, 6.45) is 3.21. The Bertz CT molecular complexity index is 503. The van der Waals surface area contributed by atoms with Crippen LogP contribution in [0.5, 0.6) is 0 Å². The van der Waals surface area contributed by atoms with Crippen LogP contribution in [0.2, 0.25) is 0 Å². The first-order chi connectivity index (χ1) is 8.20. The molecule has 0 atom stereocenters.